The largest absolute Gasteiger partial charge is 0.495 e. The minimum Gasteiger partial charge on any atom is -0.495 e. The van der Waals surface area contributed by atoms with Crippen LogP contribution in [0.3, 0.4) is 0 Å². The van der Waals surface area contributed by atoms with E-state index in [9.17, 15) is 0 Å². The predicted octanol–water partition coefficient (Wildman–Crippen LogP) is 4.58. The Morgan fingerprint density at radius 2 is 2.27 bits per heavy atom. The fourth-order valence-corrected chi connectivity index (χ4v) is 4.77. The first-order chi connectivity index (χ1) is 12.8. The molecule has 0 N–H and O–H groups in total. The summed E-state index contributed by atoms with van der Waals surface area (Å²) in [6, 6.07) is 10.3. The molecule has 7 heteroatoms. The average Bonchev–Trinajstić information content (AvgIpc) is 3.40. The van der Waals surface area contributed by atoms with Gasteiger partial charge in [-0.2, -0.15) is 0 Å². The molecule has 0 amide bonds. The minimum absolute atomic E-state index is 0.301. The number of nitrogens with zero attached hydrogens (tertiary/aromatic N) is 3. The molecule has 3 heterocycles. The standard InChI is InChI=1S/C19H21N3O2S2/c1-13-7-8-16(23-2)15(11-13)22-18(17-6-4-10-25-17)20-21-19(22)26-12-14-5-3-9-24-14/h4,6-8,10-11,14H,3,5,9,12H2,1-2H3/t14-/m0/s1. The molecule has 0 unspecified atom stereocenters. The quantitative estimate of drug-likeness (QED) is 0.579. The molecule has 5 nitrogen and oxygen atoms in total. The summed E-state index contributed by atoms with van der Waals surface area (Å²) in [5, 5.41) is 11.9. The lowest BCUT2D eigenvalue weighted by Crippen LogP contribution is -2.09. The van der Waals surface area contributed by atoms with E-state index in [1.807, 2.05) is 12.1 Å². The second kappa shape index (κ2) is 7.82. The highest BCUT2D eigenvalue weighted by atomic mass is 32.2. The maximum Gasteiger partial charge on any atom is 0.196 e. The number of aromatic nitrogens is 3. The number of rotatable bonds is 6. The molecule has 4 rings (SSSR count). The maximum atomic E-state index is 5.76. The van der Waals surface area contributed by atoms with Gasteiger partial charge in [-0.25, -0.2) is 0 Å². The molecule has 26 heavy (non-hydrogen) atoms. The van der Waals surface area contributed by atoms with Crippen molar-refractivity contribution in [2.75, 3.05) is 19.5 Å². The van der Waals surface area contributed by atoms with E-state index < -0.39 is 0 Å². The van der Waals surface area contributed by atoms with Crippen molar-refractivity contribution in [3.63, 3.8) is 0 Å². The van der Waals surface area contributed by atoms with Crippen molar-refractivity contribution in [2.45, 2.75) is 31.0 Å². The topological polar surface area (TPSA) is 49.2 Å². The SMILES string of the molecule is COc1ccc(C)cc1-n1c(SC[C@@H]2CCCO2)nnc1-c1cccs1. The number of aryl methyl sites for hydroxylation is 1. The molecule has 0 radical (unpaired) electrons. The van der Waals surface area contributed by atoms with Gasteiger partial charge in [-0.3, -0.25) is 4.57 Å². The molecule has 3 aromatic rings. The Bertz CT molecular complexity index is 871. The molecular formula is C19H21N3O2S2. The van der Waals surface area contributed by atoms with E-state index in [1.165, 1.54) is 5.56 Å². The second-order valence-electron chi connectivity index (χ2n) is 6.24. The van der Waals surface area contributed by atoms with Crippen LogP contribution in [-0.2, 0) is 4.74 Å². The Morgan fingerprint density at radius 3 is 3.00 bits per heavy atom. The molecule has 2 aromatic heterocycles. The third kappa shape index (κ3) is 3.51. The highest BCUT2D eigenvalue weighted by molar-refractivity contribution is 7.99. The van der Waals surface area contributed by atoms with Crippen LogP contribution in [0.25, 0.3) is 16.4 Å². The summed E-state index contributed by atoms with van der Waals surface area (Å²) in [6.45, 7) is 2.95. The van der Waals surface area contributed by atoms with Gasteiger partial charge in [0.05, 0.1) is 23.8 Å². The Labute approximate surface area is 161 Å². The normalized spacial score (nSPS) is 16.9. The fourth-order valence-electron chi connectivity index (χ4n) is 3.06. The summed E-state index contributed by atoms with van der Waals surface area (Å²) in [6.07, 6.45) is 2.56. The average molecular weight is 388 g/mol. The van der Waals surface area contributed by atoms with E-state index >= 15 is 0 Å². The number of hydrogen-bond acceptors (Lipinski definition) is 6. The van der Waals surface area contributed by atoms with Crippen molar-refractivity contribution in [3.8, 4) is 22.1 Å². The first kappa shape index (κ1) is 17.6. The molecular weight excluding hydrogens is 366 g/mol. The molecule has 1 saturated heterocycles. The summed E-state index contributed by atoms with van der Waals surface area (Å²) in [5.74, 6) is 2.54. The summed E-state index contributed by atoms with van der Waals surface area (Å²) in [7, 11) is 1.70. The zero-order chi connectivity index (χ0) is 17.9. The van der Waals surface area contributed by atoms with Crippen LogP contribution >= 0.6 is 23.1 Å². The molecule has 0 bridgehead atoms. The van der Waals surface area contributed by atoms with Gasteiger partial charge in [0.2, 0.25) is 0 Å². The predicted molar refractivity (Wildman–Crippen MR) is 106 cm³/mol. The van der Waals surface area contributed by atoms with Crippen molar-refractivity contribution >= 4 is 23.1 Å². The zero-order valence-corrected chi connectivity index (χ0v) is 16.5. The lowest BCUT2D eigenvalue weighted by Gasteiger charge is -2.15. The number of methoxy groups -OCH3 is 1. The van der Waals surface area contributed by atoms with Gasteiger partial charge in [-0.1, -0.05) is 23.9 Å². The van der Waals surface area contributed by atoms with Gasteiger partial charge in [-0.05, 0) is 48.9 Å². The van der Waals surface area contributed by atoms with E-state index in [2.05, 4.69) is 45.3 Å². The van der Waals surface area contributed by atoms with Gasteiger partial charge in [0.15, 0.2) is 11.0 Å². The van der Waals surface area contributed by atoms with Crippen molar-refractivity contribution < 1.29 is 9.47 Å². The summed E-state index contributed by atoms with van der Waals surface area (Å²) in [5.41, 5.74) is 2.14. The number of benzene rings is 1. The van der Waals surface area contributed by atoms with Crippen LogP contribution in [0.1, 0.15) is 18.4 Å². The third-order valence-electron chi connectivity index (χ3n) is 4.37. The van der Waals surface area contributed by atoms with E-state index in [1.54, 1.807) is 30.2 Å². The fraction of sp³-hybridized carbons (Fsp3) is 0.368. The summed E-state index contributed by atoms with van der Waals surface area (Å²) in [4.78, 5) is 1.09. The molecule has 0 aliphatic carbocycles. The summed E-state index contributed by atoms with van der Waals surface area (Å²) >= 11 is 3.36. The Kier molecular flexibility index (Phi) is 5.28. The number of hydrogen-bond donors (Lipinski definition) is 0. The molecule has 1 aliphatic heterocycles. The van der Waals surface area contributed by atoms with Crippen LogP contribution in [0.4, 0.5) is 0 Å². The molecule has 136 valence electrons. The van der Waals surface area contributed by atoms with Crippen molar-refractivity contribution in [2.24, 2.45) is 0 Å². The summed E-state index contributed by atoms with van der Waals surface area (Å²) < 4.78 is 13.5. The smallest absolute Gasteiger partial charge is 0.196 e. The maximum absolute atomic E-state index is 5.76. The monoisotopic (exact) mass is 387 g/mol. The van der Waals surface area contributed by atoms with Crippen LogP contribution < -0.4 is 4.74 Å². The number of thiophene rings is 1. The third-order valence-corrected chi connectivity index (χ3v) is 6.30. The Hall–Kier alpha value is -1.83. The van der Waals surface area contributed by atoms with E-state index in [0.29, 0.717) is 6.10 Å². The highest BCUT2D eigenvalue weighted by Crippen LogP contribution is 2.35. The first-order valence-electron chi connectivity index (χ1n) is 8.65. The molecule has 1 aliphatic rings. The van der Waals surface area contributed by atoms with Crippen LogP contribution in [0.5, 0.6) is 5.75 Å². The zero-order valence-electron chi connectivity index (χ0n) is 14.8. The van der Waals surface area contributed by atoms with Crippen LogP contribution in [-0.4, -0.2) is 40.3 Å². The van der Waals surface area contributed by atoms with Gasteiger partial charge in [0.25, 0.3) is 0 Å². The minimum atomic E-state index is 0.301. The van der Waals surface area contributed by atoms with E-state index in [0.717, 1.165) is 52.5 Å². The van der Waals surface area contributed by atoms with Crippen LogP contribution in [0.15, 0.2) is 40.9 Å². The van der Waals surface area contributed by atoms with E-state index in [-0.39, 0.29) is 0 Å². The van der Waals surface area contributed by atoms with Crippen LogP contribution in [0, 0.1) is 6.92 Å². The van der Waals surface area contributed by atoms with Crippen molar-refractivity contribution in [3.05, 3.63) is 41.3 Å². The Morgan fingerprint density at radius 1 is 1.35 bits per heavy atom. The molecule has 1 aromatic carbocycles. The van der Waals surface area contributed by atoms with Crippen molar-refractivity contribution in [1.82, 2.24) is 14.8 Å². The highest BCUT2D eigenvalue weighted by Gasteiger charge is 2.22. The van der Waals surface area contributed by atoms with Crippen LogP contribution in [0.2, 0.25) is 0 Å². The lowest BCUT2D eigenvalue weighted by atomic mass is 10.2. The Balaban J connectivity index is 1.77. The lowest BCUT2D eigenvalue weighted by molar-refractivity contribution is 0.129. The van der Waals surface area contributed by atoms with Gasteiger partial charge in [-0.15, -0.1) is 21.5 Å². The second-order valence-corrected chi connectivity index (χ2v) is 8.18. The van der Waals surface area contributed by atoms with Gasteiger partial charge in [0, 0.05) is 12.4 Å². The number of ether oxygens (including phenoxy) is 2. The molecule has 1 fully saturated rings. The van der Waals surface area contributed by atoms with Gasteiger partial charge in [0.1, 0.15) is 5.75 Å². The molecule has 0 saturated carbocycles. The number of thioether (sulfide) groups is 1. The first-order valence-corrected chi connectivity index (χ1v) is 10.5. The van der Waals surface area contributed by atoms with Gasteiger partial charge < -0.3 is 9.47 Å². The molecule has 1 atom stereocenters. The molecule has 0 spiro atoms. The van der Waals surface area contributed by atoms with E-state index in [4.69, 9.17) is 9.47 Å². The van der Waals surface area contributed by atoms with Crippen molar-refractivity contribution in [1.29, 1.82) is 0 Å². The van der Waals surface area contributed by atoms with Gasteiger partial charge >= 0.3 is 0 Å².